The summed E-state index contributed by atoms with van der Waals surface area (Å²) >= 11 is 0. The van der Waals surface area contributed by atoms with E-state index in [2.05, 4.69) is 39.9 Å². The number of carbonyl (C=O) groups is 1. The highest BCUT2D eigenvalue weighted by Gasteiger charge is 2.44. The van der Waals surface area contributed by atoms with E-state index in [0.717, 1.165) is 6.42 Å². The van der Waals surface area contributed by atoms with Crippen LogP contribution in [-0.2, 0) is 4.79 Å². The molecule has 1 saturated heterocycles. The van der Waals surface area contributed by atoms with Gasteiger partial charge in [0.2, 0.25) is 5.91 Å². The number of rotatable bonds is 3. The minimum Gasteiger partial charge on any atom is -0.353 e. The molecular weight excluding hydrogens is 174 g/mol. The average Bonchev–Trinajstić information content (AvgIpc) is 2.26. The first kappa shape index (κ1) is 11.5. The predicted octanol–water partition coefficient (Wildman–Crippen LogP) is 2.58. The molecule has 0 saturated carbocycles. The molecule has 0 spiro atoms. The van der Waals surface area contributed by atoms with Gasteiger partial charge in [0.15, 0.2) is 0 Å². The van der Waals surface area contributed by atoms with Crippen LogP contribution in [0.25, 0.3) is 0 Å². The van der Waals surface area contributed by atoms with Gasteiger partial charge in [-0.15, -0.1) is 0 Å². The maximum absolute atomic E-state index is 11.4. The molecule has 0 aliphatic carbocycles. The van der Waals surface area contributed by atoms with Gasteiger partial charge in [0.05, 0.1) is 0 Å². The highest BCUT2D eigenvalue weighted by Crippen LogP contribution is 2.41. The molecule has 2 atom stereocenters. The van der Waals surface area contributed by atoms with Gasteiger partial charge in [-0.25, -0.2) is 0 Å². The molecule has 1 fully saturated rings. The van der Waals surface area contributed by atoms with E-state index in [1.807, 2.05) is 0 Å². The van der Waals surface area contributed by atoms with Crippen molar-refractivity contribution in [1.29, 1.82) is 0 Å². The van der Waals surface area contributed by atoms with E-state index in [4.69, 9.17) is 0 Å². The molecule has 1 aliphatic rings. The zero-order chi connectivity index (χ0) is 10.9. The van der Waals surface area contributed by atoms with Crippen LogP contribution < -0.4 is 5.32 Å². The third-order valence-electron chi connectivity index (χ3n) is 3.70. The number of hydrogen-bond acceptors (Lipinski definition) is 1. The first-order valence-corrected chi connectivity index (χ1v) is 5.65. The van der Waals surface area contributed by atoms with Crippen LogP contribution in [0.1, 0.15) is 47.5 Å². The number of hydrogen-bond donors (Lipinski definition) is 1. The van der Waals surface area contributed by atoms with E-state index in [0.29, 0.717) is 24.3 Å². The molecule has 14 heavy (non-hydrogen) atoms. The second kappa shape index (κ2) is 3.92. The molecule has 2 nitrogen and oxygen atoms in total. The standard InChI is InChI=1S/C12H23NO/c1-8(2)6-10-12(5,9(3)4)7-11(14)13-10/h8-10H,6-7H2,1-5H3,(H,13,14). The topological polar surface area (TPSA) is 29.1 Å². The lowest BCUT2D eigenvalue weighted by Crippen LogP contribution is -2.39. The van der Waals surface area contributed by atoms with Crippen LogP contribution >= 0.6 is 0 Å². The van der Waals surface area contributed by atoms with Crippen molar-refractivity contribution in [3.8, 4) is 0 Å². The van der Waals surface area contributed by atoms with Gasteiger partial charge in [0, 0.05) is 12.5 Å². The van der Waals surface area contributed by atoms with Crippen LogP contribution in [0.5, 0.6) is 0 Å². The fourth-order valence-corrected chi connectivity index (χ4v) is 2.29. The maximum atomic E-state index is 11.4. The average molecular weight is 197 g/mol. The molecule has 0 bridgehead atoms. The summed E-state index contributed by atoms with van der Waals surface area (Å²) in [7, 11) is 0. The van der Waals surface area contributed by atoms with Gasteiger partial charge in [0.25, 0.3) is 0 Å². The van der Waals surface area contributed by atoms with Crippen LogP contribution in [0.4, 0.5) is 0 Å². The molecule has 2 unspecified atom stereocenters. The molecule has 1 rings (SSSR count). The van der Waals surface area contributed by atoms with E-state index >= 15 is 0 Å². The predicted molar refractivity (Wildman–Crippen MR) is 58.9 cm³/mol. The lowest BCUT2D eigenvalue weighted by Gasteiger charge is -2.35. The van der Waals surface area contributed by atoms with Crippen molar-refractivity contribution in [2.75, 3.05) is 0 Å². The first-order valence-electron chi connectivity index (χ1n) is 5.65. The van der Waals surface area contributed by atoms with Crippen LogP contribution in [0, 0.1) is 17.3 Å². The Labute approximate surface area is 87.5 Å². The van der Waals surface area contributed by atoms with Crippen LogP contribution in [-0.4, -0.2) is 11.9 Å². The zero-order valence-electron chi connectivity index (χ0n) is 10.1. The van der Waals surface area contributed by atoms with E-state index in [1.165, 1.54) is 0 Å². The van der Waals surface area contributed by atoms with Crippen molar-refractivity contribution in [2.45, 2.75) is 53.5 Å². The second-order valence-corrected chi connectivity index (χ2v) is 5.59. The molecular formula is C12H23NO. The molecule has 1 amide bonds. The SMILES string of the molecule is CC(C)CC1NC(=O)CC1(C)C(C)C. The summed E-state index contributed by atoms with van der Waals surface area (Å²) in [6.07, 6.45) is 1.79. The van der Waals surface area contributed by atoms with Crippen molar-refractivity contribution in [1.82, 2.24) is 5.32 Å². The third kappa shape index (κ3) is 2.10. The lowest BCUT2D eigenvalue weighted by molar-refractivity contribution is -0.119. The molecule has 1 N–H and O–H groups in total. The summed E-state index contributed by atoms with van der Waals surface area (Å²) in [4.78, 5) is 11.4. The molecule has 0 radical (unpaired) electrons. The summed E-state index contributed by atoms with van der Waals surface area (Å²) < 4.78 is 0. The molecule has 0 aromatic heterocycles. The van der Waals surface area contributed by atoms with Crippen molar-refractivity contribution < 1.29 is 4.79 Å². The van der Waals surface area contributed by atoms with Crippen LogP contribution in [0.15, 0.2) is 0 Å². The van der Waals surface area contributed by atoms with E-state index in [9.17, 15) is 4.79 Å². The Balaban J connectivity index is 2.76. The van der Waals surface area contributed by atoms with Gasteiger partial charge < -0.3 is 5.32 Å². The summed E-state index contributed by atoms with van der Waals surface area (Å²) in [5, 5.41) is 3.12. The van der Waals surface area contributed by atoms with Gasteiger partial charge >= 0.3 is 0 Å². The van der Waals surface area contributed by atoms with Gasteiger partial charge in [-0.3, -0.25) is 4.79 Å². The summed E-state index contributed by atoms with van der Waals surface area (Å²) in [5.41, 5.74) is 0.154. The minimum absolute atomic E-state index is 0.154. The first-order chi connectivity index (χ1) is 6.36. The number of nitrogens with one attached hydrogen (secondary N) is 1. The molecule has 1 heterocycles. The highest BCUT2D eigenvalue weighted by atomic mass is 16.2. The van der Waals surface area contributed by atoms with Crippen molar-refractivity contribution in [2.24, 2.45) is 17.3 Å². The normalized spacial score (nSPS) is 32.8. The summed E-state index contributed by atoms with van der Waals surface area (Å²) in [5.74, 6) is 1.44. The van der Waals surface area contributed by atoms with E-state index in [1.54, 1.807) is 0 Å². The lowest BCUT2D eigenvalue weighted by atomic mass is 9.71. The van der Waals surface area contributed by atoms with Gasteiger partial charge in [-0.1, -0.05) is 34.6 Å². The molecule has 2 heteroatoms. The van der Waals surface area contributed by atoms with Gasteiger partial charge in [0.1, 0.15) is 0 Å². The molecule has 1 aliphatic heterocycles. The molecule has 82 valence electrons. The highest BCUT2D eigenvalue weighted by molar-refractivity contribution is 5.79. The Kier molecular flexibility index (Phi) is 3.23. The smallest absolute Gasteiger partial charge is 0.220 e. The van der Waals surface area contributed by atoms with E-state index < -0.39 is 0 Å². The van der Waals surface area contributed by atoms with Crippen molar-refractivity contribution in [3.63, 3.8) is 0 Å². The van der Waals surface area contributed by atoms with Gasteiger partial charge in [-0.05, 0) is 23.7 Å². The van der Waals surface area contributed by atoms with Crippen molar-refractivity contribution in [3.05, 3.63) is 0 Å². The quantitative estimate of drug-likeness (QED) is 0.740. The monoisotopic (exact) mass is 197 g/mol. The third-order valence-corrected chi connectivity index (χ3v) is 3.70. The maximum Gasteiger partial charge on any atom is 0.220 e. The van der Waals surface area contributed by atoms with Crippen molar-refractivity contribution >= 4 is 5.91 Å². The summed E-state index contributed by atoms with van der Waals surface area (Å²) in [6.45, 7) is 11.1. The Morgan fingerprint density at radius 1 is 1.43 bits per heavy atom. The molecule has 0 aromatic rings. The minimum atomic E-state index is 0.154. The largest absolute Gasteiger partial charge is 0.353 e. The van der Waals surface area contributed by atoms with Crippen LogP contribution in [0.3, 0.4) is 0 Å². The Morgan fingerprint density at radius 2 is 2.00 bits per heavy atom. The summed E-state index contributed by atoms with van der Waals surface area (Å²) in [6, 6.07) is 0.370. The number of amides is 1. The second-order valence-electron chi connectivity index (χ2n) is 5.59. The van der Waals surface area contributed by atoms with Crippen LogP contribution in [0.2, 0.25) is 0 Å². The fraction of sp³-hybridized carbons (Fsp3) is 0.917. The Morgan fingerprint density at radius 3 is 2.43 bits per heavy atom. The zero-order valence-corrected chi connectivity index (χ0v) is 10.1. The van der Waals surface area contributed by atoms with E-state index in [-0.39, 0.29) is 11.3 Å². The Hall–Kier alpha value is -0.530. The Bertz CT molecular complexity index is 222. The molecule has 0 aromatic carbocycles. The fourth-order valence-electron chi connectivity index (χ4n) is 2.29. The number of carbonyl (C=O) groups excluding carboxylic acids is 1. The van der Waals surface area contributed by atoms with Gasteiger partial charge in [-0.2, -0.15) is 0 Å².